The first-order valence-corrected chi connectivity index (χ1v) is 11.2. The third-order valence-electron chi connectivity index (χ3n) is 5.71. The van der Waals surface area contributed by atoms with E-state index in [4.69, 9.17) is 4.98 Å². The van der Waals surface area contributed by atoms with Crippen LogP contribution in [0.4, 0.5) is 0 Å². The van der Waals surface area contributed by atoms with Crippen LogP contribution in [0.5, 0.6) is 0 Å². The molecule has 0 radical (unpaired) electrons. The van der Waals surface area contributed by atoms with E-state index in [2.05, 4.69) is 101 Å². The number of benzene rings is 2. The highest BCUT2D eigenvalue weighted by Crippen LogP contribution is 2.39. The molecule has 0 saturated heterocycles. The highest BCUT2D eigenvalue weighted by molar-refractivity contribution is 7.20. The Balaban J connectivity index is 1.95. The molecule has 0 aliphatic heterocycles. The molecule has 4 aromatic rings. The Bertz CT molecular complexity index is 1160. The predicted molar refractivity (Wildman–Crippen MR) is 125 cm³/mol. The zero-order valence-electron chi connectivity index (χ0n) is 18.2. The standard InChI is InChI=1S/C26H29N2S/c1-16(2)19-12-9-13-20(17(3)4)24(19)25-27-22-14-15-23(28(6)26(22)29-25)21-11-8-7-10-18(21)5/h7-17H,1-6H3/q+1. The average molecular weight is 402 g/mol. The Morgan fingerprint density at radius 1 is 0.828 bits per heavy atom. The molecule has 0 amide bonds. The summed E-state index contributed by atoms with van der Waals surface area (Å²) >= 11 is 1.81. The number of hydrogen-bond acceptors (Lipinski definition) is 2. The number of aromatic nitrogens is 2. The molecule has 3 heteroatoms. The van der Waals surface area contributed by atoms with Gasteiger partial charge in [-0.1, -0.05) is 64.1 Å². The monoisotopic (exact) mass is 401 g/mol. The minimum atomic E-state index is 0.465. The molecule has 0 saturated carbocycles. The van der Waals surface area contributed by atoms with E-state index in [1.807, 2.05) is 0 Å². The van der Waals surface area contributed by atoms with E-state index in [9.17, 15) is 0 Å². The van der Waals surface area contributed by atoms with Crippen molar-refractivity contribution < 1.29 is 4.57 Å². The van der Waals surface area contributed by atoms with Crippen LogP contribution in [0.25, 0.3) is 32.2 Å². The van der Waals surface area contributed by atoms with Gasteiger partial charge < -0.3 is 0 Å². The van der Waals surface area contributed by atoms with Crippen molar-refractivity contribution >= 4 is 21.7 Å². The Morgan fingerprint density at radius 3 is 2.10 bits per heavy atom. The summed E-state index contributed by atoms with van der Waals surface area (Å²) in [6.07, 6.45) is 0. The second-order valence-corrected chi connectivity index (χ2v) is 9.40. The second kappa shape index (κ2) is 7.72. The molecule has 0 spiro atoms. The van der Waals surface area contributed by atoms with E-state index < -0.39 is 0 Å². The fraction of sp³-hybridized carbons (Fsp3) is 0.308. The Morgan fingerprint density at radius 2 is 1.48 bits per heavy atom. The quantitative estimate of drug-likeness (QED) is 0.336. The lowest BCUT2D eigenvalue weighted by Crippen LogP contribution is -2.31. The van der Waals surface area contributed by atoms with E-state index in [1.165, 1.54) is 38.3 Å². The van der Waals surface area contributed by atoms with Crippen molar-refractivity contribution in [3.63, 3.8) is 0 Å². The topological polar surface area (TPSA) is 16.8 Å². The molecule has 4 rings (SSSR count). The molecule has 0 atom stereocenters. The highest BCUT2D eigenvalue weighted by Gasteiger charge is 2.23. The van der Waals surface area contributed by atoms with Crippen LogP contribution < -0.4 is 4.57 Å². The van der Waals surface area contributed by atoms with Gasteiger partial charge in [-0.3, -0.25) is 0 Å². The highest BCUT2D eigenvalue weighted by atomic mass is 32.1. The number of thiazole rings is 1. The van der Waals surface area contributed by atoms with Crippen LogP contribution in [0.1, 0.15) is 56.2 Å². The van der Waals surface area contributed by atoms with Gasteiger partial charge in [-0.2, -0.15) is 4.57 Å². The molecule has 0 fully saturated rings. The van der Waals surface area contributed by atoms with E-state index >= 15 is 0 Å². The normalized spacial score (nSPS) is 11.7. The lowest BCUT2D eigenvalue weighted by atomic mass is 9.89. The SMILES string of the molecule is Cc1ccccc1-c1ccc2nc(-c3c(C(C)C)cccc3C(C)C)sc2[n+]1C. The number of fused-ring (bicyclic) bond motifs is 1. The van der Waals surface area contributed by atoms with Gasteiger partial charge in [0, 0.05) is 17.2 Å². The van der Waals surface area contributed by atoms with Crippen LogP contribution in [-0.4, -0.2) is 4.98 Å². The zero-order valence-corrected chi connectivity index (χ0v) is 19.0. The predicted octanol–water partition coefficient (Wildman–Crippen LogP) is 7.01. The first-order valence-electron chi connectivity index (χ1n) is 10.4. The summed E-state index contributed by atoms with van der Waals surface area (Å²) in [6.45, 7) is 11.3. The largest absolute Gasteiger partial charge is 0.289 e. The third kappa shape index (κ3) is 3.49. The molecule has 0 N–H and O–H groups in total. The molecule has 0 aliphatic carbocycles. The van der Waals surface area contributed by atoms with Crippen LogP contribution in [-0.2, 0) is 7.05 Å². The number of aryl methyl sites for hydroxylation is 2. The minimum Gasteiger partial charge on any atom is -0.229 e. The lowest BCUT2D eigenvalue weighted by Gasteiger charge is -2.17. The number of hydrogen-bond donors (Lipinski definition) is 0. The van der Waals surface area contributed by atoms with E-state index in [1.54, 1.807) is 11.3 Å². The first kappa shape index (κ1) is 19.8. The maximum Gasteiger partial charge on any atom is 0.289 e. The van der Waals surface area contributed by atoms with Gasteiger partial charge >= 0.3 is 0 Å². The molecule has 2 heterocycles. The number of pyridine rings is 1. The molecule has 2 aromatic carbocycles. The lowest BCUT2D eigenvalue weighted by molar-refractivity contribution is -0.631. The van der Waals surface area contributed by atoms with Crippen molar-refractivity contribution in [1.29, 1.82) is 0 Å². The number of rotatable bonds is 4. The van der Waals surface area contributed by atoms with E-state index in [-0.39, 0.29) is 0 Å². The average Bonchev–Trinajstić information content (AvgIpc) is 3.13. The summed E-state index contributed by atoms with van der Waals surface area (Å²) in [5.74, 6) is 0.930. The summed E-state index contributed by atoms with van der Waals surface area (Å²) in [5.41, 5.74) is 8.96. The van der Waals surface area contributed by atoms with Crippen molar-refractivity contribution in [3.8, 4) is 21.8 Å². The first-order chi connectivity index (χ1) is 13.9. The van der Waals surface area contributed by atoms with Gasteiger partial charge in [-0.25, -0.2) is 4.98 Å². The van der Waals surface area contributed by atoms with E-state index in [0.717, 1.165) is 10.5 Å². The van der Waals surface area contributed by atoms with Crippen LogP contribution in [0, 0.1) is 6.92 Å². The molecule has 2 aromatic heterocycles. The van der Waals surface area contributed by atoms with Crippen LogP contribution in [0.3, 0.4) is 0 Å². The van der Waals surface area contributed by atoms with Gasteiger partial charge in [0.05, 0.1) is 0 Å². The summed E-state index contributed by atoms with van der Waals surface area (Å²) in [6, 6.07) is 19.7. The van der Waals surface area contributed by atoms with E-state index in [0.29, 0.717) is 11.8 Å². The molecular weight excluding hydrogens is 372 g/mol. The van der Waals surface area contributed by atoms with Gasteiger partial charge in [-0.15, -0.1) is 0 Å². The summed E-state index contributed by atoms with van der Waals surface area (Å²) < 4.78 is 2.30. The van der Waals surface area contributed by atoms with Gasteiger partial charge in [-0.05, 0) is 58.9 Å². The molecular formula is C26H29N2S+. The Labute approximate surface area is 177 Å². The van der Waals surface area contributed by atoms with Crippen LogP contribution >= 0.6 is 11.3 Å². The van der Waals surface area contributed by atoms with Gasteiger partial charge in [0.2, 0.25) is 5.69 Å². The summed E-state index contributed by atoms with van der Waals surface area (Å²) in [4.78, 5) is 6.30. The van der Waals surface area contributed by atoms with Crippen LogP contribution in [0.15, 0.2) is 54.6 Å². The summed E-state index contributed by atoms with van der Waals surface area (Å²) in [5, 5.41) is 1.13. The smallest absolute Gasteiger partial charge is 0.229 e. The molecule has 0 aliphatic rings. The van der Waals surface area contributed by atoms with Crippen molar-refractivity contribution in [3.05, 3.63) is 71.3 Å². The Kier molecular flexibility index (Phi) is 5.26. The zero-order chi connectivity index (χ0) is 20.7. The number of nitrogens with zero attached hydrogens (tertiary/aromatic N) is 2. The second-order valence-electron chi connectivity index (χ2n) is 8.42. The van der Waals surface area contributed by atoms with Crippen molar-refractivity contribution in [1.82, 2.24) is 4.98 Å². The minimum absolute atomic E-state index is 0.465. The van der Waals surface area contributed by atoms with Crippen molar-refractivity contribution in [2.24, 2.45) is 7.05 Å². The molecule has 0 unspecified atom stereocenters. The third-order valence-corrected chi connectivity index (χ3v) is 6.87. The molecule has 0 bridgehead atoms. The maximum atomic E-state index is 5.08. The van der Waals surface area contributed by atoms with Gasteiger partial charge in [0.1, 0.15) is 17.6 Å². The van der Waals surface area contributed by atoms with Crippen LogP contribution in [0.2, 0.25) is 0 Å². The fourth-order valence-electron chi connectivity index (χ4n) is 4.09. The molecule has 148 valence electrons. The Hall–Kier alpha value is -2.52. The molecule has 29 heavy (non-hydrogen) atoms. The maximum absolute atomic E-state index is 5.08. The summed E-state index contributed by atoms with van der Waals surface area (Å²) in [7, 11) is 2.16. The van der Waals surface area contributed by atoms with Crippen molar-refractivity contribution in [2.45, 2.75) is 46.5 Å². The van der Waals surface area contributed by atoms with Gasteiger partial charge in [0.25, 0.3) is 4.83 Å². The van der Waals surface area contributed by atoms with Gasteiger partial charge in [0.15, 0.2) is 0 Å². The van der Waals surface area contributed by atoms with Crippen molar-refractivity contribution in [2.75, 3.05) is 0 Å². The fourth-order valence-corrected chi connectivity index (χ4v) is 5.21. The molecule has 2 nitrogen and oxygen atoms in total.